The van der Waals surface area contributed by atoms with Gasteiger partial charge in [0, 0.05) is 17.0 Å². The van der Waals surface area contributed by atoms with Gasteiger partial charge in [-0.3, -0.25) is 4.79 Å². The van der Waals surface area contributed by atoms with Gasteiger partial charge in [0.2, 0.25) is 0 Å². The Morgan fingerprint density at radius 3 is 2.72 bits per heavy atom. The van der Waals surface area contributed by atoms with Crippen LogP contribution in [-0.2, 0) is 0 Å². The zero-order valence-corrected chi connectivity index (χ0v) is 11.8. The van der Waals surface area contributed by atoms with E-state index in [0.717, 1.165) is 16.3 Å². The number of anilines is 1. The molecule has 0 bridgehead atoms. The summed E-state index contributed by atoms with van der Waals surface area (Å²) in [4.78, 5) is 14.0. The van der Waals surface area contributed by atoms with Crippen LogP contribution < -0.4 is 5.32 Å². The topological polar surface area (TPSA) is 46.9 Å². The molecule has 2 aromatic heterocycles. The Balaban J connectivity index is 2.19. The van der Waals surface area contributed by atoms with Crippen LogP contribution in [0.3, 0.4) is 0 Å². The van der Waals surface area contributed by atoms with Crippen molar-refractivity contribution < 1.29 is 4.79 Å². The van der Waals surface area contributed by atoms with E-state index >= 15 is 0 Å². The van der Waals surface area contributed by atoms with Crippen LogP contribution in [0.1, 0.15) is 40.0 Å². The number of rotatable bonds is 3. The zero-order valence-electron chi connectivity index (χ0n) is 11.0. The van der Waals surface area contributed by atoms with Crippen LogP contribution >= 0.6 is 11.3 Å². The van der Waals surface area contributed by atoms with Crippen LogP contribution in [-0.4, -0.2) is 15.7 Å². The van der Waals surface area contributed by atoms with Crippen molar-refractivity contribution in [2.75, 3.05) is 5.32 Å². The molecule has 4 nitrogen and oxygen atoms in total. The minimum atomic E-state index is -0.0707. The molecule has 0 aliphatic heterocycles. The third kappa shape index (κ3) is 2.46. The van der Waals surface area contributed by atoms with E-state index in [2.05, 4.69) is 10.4 Å². The molecule has 18 heavy (non-hydrogen) atoms. The van der Waals surface area contributed by atoms with Gasteiger partial charge in [-0.05, 0) is 39.3 Å². The molecule has 0 aromatic carbocycles. The standard InChI is InChI=1S/C13H17N3OS/c1-8(2)16-12(5-6-14-16)15-13(17)11-7-9(3)10(4)18-11/h5-8H,1-4H3,(H,15,17). The van der Waals surface area contributed by atoms with Crippen LogP contribution in [0, 0.1) is 13.8 Å². The third-order valence-corrected chi connectivity index (χ3v) is 3.94. The number of aromatic nitrogens is 2. The summed E-state index contributed by atoms with van der Waals surface area (Å²) in [5.74, 6) is 0.664. The van der Waals surface area contributed by atoms with Gasteiger partial charge in [0.1, 0.15) is 5.82 Å². The van der Waals surface area contributed by atoms with Gasteiger partial charge in [0.05, 0.1) is 11.1 Å². The van der Waals surface area contributed by atoms with Gasteiger partial charge < -0.3 is 5.32 Å². The van der Waals surface area contributed by atoms with Crippen molar-refractivity contribution in [3.63, 3.8) is 0 Å². The summed E-state index contributed by atoms with van der Waals surface area (Å²) in [5.41, 5.74) is 1.16. The maximum atomic E-state index is 12.1. The molecule has 96 valence electrons. The van der Waals surface area contributed by atoms with Crippen LogP contribution in [0.5, 0.6) is 0 Å². The fourth-order valence-corrected chi connectivity index (χ4v) is 2.62. The zero-order chi connectivity index (χ0) is 13.3. The van der Waals surface area contributed by atoms with Crippen molar-refractivity contribution in [1.82, 2.24) is 9.78 Å². The lowest BCUT2D eigenvalue weighted by Crippen LogP contribution is -2.15. The maximum Gasteiger partial charge on any atom is 0.266 e. The first-order chi connectivity index (χ1) is 8.49. The average molecular weight is 263 g/mol. The van der Waals surface area contributed by atoms with E-state index in [1.54, 1.807) is 10.9 Å². The summed E-state index contributed by atoms with van der Waals surface area (Å²) >= 11 is 1.52. The number of hydrogen-bond donors (Lipinski definition) is 1. The van der Waals surface area contributed by atoms with E-state index in [1.807, 2.05) is 39.8 Å². The number of carbonyl (C=O) groups excluding carboxylic acids is 1. The fraction of sp³-hybridized carbons (Fsp3) is 0.385. The number of carbonyl (C=O) groups is 1. The van der Waals surface area contributed by atoms with Gasteiger partial charge in [-0.15, -0.1) is 11.3 Å². The van der Waals surface area contributed by atoms with Crippen molar-refractivity contribution in [2.45, 2.75) is 33.7 Å². The van der Waals surface area contributed by atoms with E-state index in [9.17, 15) is 4.79 Å². The Kier molecular flexibility index (Phi) is 3.52. The predicted molar refractivity (Wildman–Crippen MR) is 74.4 cm³/mol. The largest absolute Gasteiger partial charge is 0.306 e. The van der Waals surface area contributed by atoms with Crippen molar-refractivity contribution in [2.24, 2.45) is 0 Å². The summed E-state index contributed by atoms with van der Waals surface area (Å²) in [5, 5.41) is 7.09. The molecule has 5 heteroatoms. The lowest BCUT2D eigenvalue weighted by atomic mass is 10.3. The highest BCUT2D eigenvalue weighted by Gasteiger charge is 2.13. The quantitative estimate of drug-likeness (QED) is 0.922. The maximum absolute atomic E-state index is 12.1. The first-order valence-corrected chi connectivity index (χ1v) is 6.72. The van der Waals surface area contributed by atoms with E-state index in [1.165, 1.54) is 16.2 Å². The molecular weight excluding hydrogens is 246 g/mol. The van der Waals surface area contributed by atoms with E-state index in [0.29, 0.717) is 0 Å². The highest BCUT2D eigenvalue weighted by Crippen LogP contribution is 2.22. The highest BCUT2D eigenvalue weighted by atomic mass is 32.1. The number of hydrogen-bond acceptors (Lipinski definition) is 3. The molecule has 0 fully saturated rings. The summed E-state index contributed by atoms with van der Waals surface area (Å²) in [6.45, 7) is 8.10. The number of thiophene rings is 1. The minimum Gasteiger partial charge on any atom is -0.306 e. The van der Waals surface area contributed by atoms with Crippen molar-refractivity contribution >= 4 is 23.1 Å². The number of nitrogens with one attached hydrogen (secondary N) is 1. The van der Waals surface area contributed by atoms with Gasteiger partial charge in [-0.2, -0.15) is 5.10 Å². The van der Waals surface area contributed by atoms with Crippen LogP contribution in [0.2, 0.25) is 0 Å². The summed E-state index contributed by atoms with van der Waals surface area (Å²) < 4.78 is 1.80. The van der Waals surface area contributed by atoms with Crippen LogP contribution in [0.15, 0.2) is 18.3 Å². The van der Waals surface area contributed by atoms with Crippen molar-refractivity contribution in [1.29, 1.82) is 0 Å². The van der Waals surface area contributed by atoms with E-state index in [-0.39, 0.29) is 11.9 Å². The molecule has 1 N–H and O–H groups in total. The Hall–Kier alpha value is -1.62. The Labute approximate surface area is 111 Å². The van der Waals surface area contributed by atoms with Crippen molar-refractivity contribution in [3.05, 3.63) is 33.6 Å². The number of aryl methyl sites for hydroxylation is 2. The fourth-order valence-electron chi connectivity index (χ4n) is 1.69. The Bertz CT molecular complexity index is 549. The van der Waals surface area contributed by atoms with Gasteiger partial charge in [0.15, 0.2) is 0 Å². The van der Waals surface area contributed by atoms with Gasteiger partial charge >= 0.3 is 0 Å². The molecule has 0 aliphatic rings. The molecule has 0 radical (unpaired) electrons. The molecule has 0 saturated carbocycles. The minimum absolute atomic E-state index is 0.0707. The van der Waals surface area contributed by atoms with E-state index in [4.69, 9.17) is 0 Å². The Morgan fingerprint density at radius 1 is 1.44 bits per heavy atom. The molecule has 0 saturated heterocycles. The molecule has 1 amide bonds. The van der Waals surface area contributed by atoms with Crippen LogP contribution in [0.25, 0.3) is 0 Å². The molecule has 0 aliphatic carbocycles. The number of nitrogens with zero attached hydrogens (tertiary/aromatic N) is 2. The SMILES string of the molecule is Cc1cc(C(=O)Nc2ccnn2C(C)C)sc1C. The first-order valence-electron chi connectivity index (χ1n) is 5.91. The second kappa shape index (κ2) is 4.94. The van der Waals surface area contributed by atoms with Gasteiger partial charge in [0.25, 0.3) is 5.91 Å². The second-order valence-corrected chi connectivity index (χ2v) is 5.82. The monoisotopic (exact) mass is 263 g/mol. The summed E-state index contributed by atoms with van der Waals surface area (Å²) in [7, 11) is 0. The molecule has 2 heterocycles. The Morgan fingerprint density at radius 2 is 2.17 bits per heavy atom. The molecule has 2 aromatic rings. The summed E-state index contributed by atoms with van der Waals surface area (Å²) in [6, 6.07) is 3.96. The third-order valence-electron chi connectivity index (χ3n) is 2.79. The lowest BCUT2D eigenvalue weighted by Gasteiger charge is -2.11. The van der Waals surface area contributed by atoms with Crippen molar-refractivity contribution in [3.8, 4) is 0 Å². The molecule has 0 spiro atoms. The lowest BCUT2D eigenvalue weighted by molar-refractivity contribution is 0.102. The average Bonchev–Trinajstić information content (AvgIpc) is 2.87. The first kappa shape index (κ1) is 12.8. The molecule has 0 unspecified atom stereocenters. The normalized spacial score (nSPS) is 10.9. The predicted octanol–water partition coefficient (Wildman–Crippen LogP) is 3.39. The van der Waals surface area contributed by atoms with Gasteiger partial charge in [-0.1, -0.05) is 0 Å². The van der Waals surface area contributed by atoms with Gasteiger partial charge in [-0.25, -0.2) is 4.68 Å². The molecule has 2 rings (SSSR count). The van der Waals surface area contributed by atoms with E-state index < -0.39 is 0 Å². The second-order valence-electron chi connectivity index (χ2n) is 4.56. The molecular formula is C13H17N3OS. The number of amides is 1. The smallest absolute Gasteiger partial charge is 0.266 e. The highest BCUT2D eigenvalue weighted by molar-refractivity contribution is 7.14. The molecule has 0 atom stereocenters. The van der Waals surface area contributed by atoms with Crippen LogP contribution in [0.4, 0.5) is 5.82 Å². The summed E-state index contributed by atoms with van der Waals surface area (Å²) in [6.07, 6.45) is 1.69.